The number of aliphatic imine (C=N–C) groups is 1. The van der Waals surface area contributed by atoms with E-state index in [1.165, 1.54) is 11.1 Å². The van der Waals surface area contributed by atoms with E-state index in [0.717, 1.165) is 24.3 Å². The van der Waals surface area contributed by atoms with Gasteiger partial charge < -0.3 is 0 Å². The van der Waals surface area contributed by atoms with Gasteiger partial charge in [0.05, 0.1) is 11.4 Å². The van der Waals surface area contributed by atoms with Crippen LogP contribution in [-0.2, 0) is 0 Å². The van der Waals surface area contributed by atoms with E-state index in [9.17, 15) is 0 Å². The summed E-state index contributed by atoms with van der Waals surface area (Å²) in [4.78, 5) is 4.69. The van der Waals surface area contributed by atoms with Crippen LogP contribution < -0.4 is 0 Å². The van der Waals surface area contributed by atoms with Crippen molar-refractivity contribution in [2.24, 2.45) is 4.99 Å². The van der Waals surface area contributed by atoms with Crippen molar-refractivity contribution < 1.29 is 0 Å². The Morgan fingerprint density at radius 2 is 1.70 bits per heavy atom. The molecule has 2 nitrogen and oxygen atoms in total. The second-order valence-corrected chi connectivity index (χ2v) is 4.79. The Morgan fingerprint density at radius 3 is 2.10 bits per heavy atom. The molecule has 20 heavy (non-hydrogen) atoms. The van der Waals surface area contributed by atoms with Gasteiger partial charge in [-0.15, -0.1) is 0 Å². The fraction of sp³-hybridized carbons (Fsp3) is 0.444. The van der Waals surface area contributed by atoms with Gasteiger partial charge in [0.25, 0.3) is 0 Å². The molecule has 0 amide bonds. The van der Waals surface area contributed by atoms with Crippen molar-refractivity contribution in [3.05, 3.63) is 47.2 Å². The zero-order valence-corrected chi connectivity index (χ0v) is 13.7. The lowest BCUT2D eigenvalue weighted by Crippen LogP contribution is -2.05. The number of hydrogen-bond donors (Lipinski definition) is 1. The zero-order valence-electron chi connectivity index (χ0n) is 13.7. The van der Waals surface area contributed by atoms with Gasteiger partial charge >= 0.3 is 0 Å². The highest BCUT2D eigenvalue weighted by Crippen LogP contribution is 2.12. The van der Waals surface area contributed by atoms with Crippen LogP contribution in [0.2, 0.25) is 0 Å². The van der Waals surface area contributed by atoms with Crippen LogP contribution in [-0.4, -0.2) is 11.4 Å². The van der Waals surface area contributed by atoms with Crippen molar-refractivity contribution in [1.29, 1.82) is 5.41 Å². The highest BCUT2D eigenvalue weighted by molar-refractivity contribution is 6.09. The molecule has 1 N–H and O–H groups in total. The summed E-state index contributed by atoms with van der Waals surface area (Å²) in [5.74, 6) is 0. The van der Waals surface area contributed by atoms with E-state index in [4.69, 9.17) is 5.41 Å². The SMILES string of the molecule is C/C=C\C(=N)C(=C/C)/N=C(CC)/C(=C/C=C(C)C)CC. The molecule has 0 bridgehead atoms. The summed E-state index contributed by atoms with van der Waals surface area (Å²) in [6.07, 6.45) is 11.6. The Labute approximate surface area is 124 Å². The van der Waals surface area contributed by atoms with Gasteiger partial charge in [0.2, 0.25) is 0 Å². The molecule has 0 aromatic rings. The first-order chi connectivity index (χ1) is 9.49. The molecule has 0 spiro atoms. The molecule has 0 aliphatic rings. The minimum Gasteiger partial charge on any atom is -0.299 e. The van der Waals surface area contributed by atoms with Crippen LogP contribution in [0.25, 0.3) is 0 Å². The molecule has 0 saturated carbocycles. The van der Waals surface area contributed by atoms with Gasteiger partial charge in [-0.1, -0.05) is 43.7 Å². The lowest BCUT2D eigenvalue weighted by Gasteiger charge is -2.08. The molecule has 0 heterocycles. The fourth-order valence-electron chi connectivity index (χ4n) is 1.74. The molecule has 0 aliphatic carbocycles. The summed E-state index contributed by atoms with van der Waals surface area (Å²) in [5, 5.41) is 7.99. The van der Waals surface area contributed by atoms with Crippen molar-refractivity contribution in [2.75, 3.05) is 0 Å². The minimum atomic E-state index is 0.457. The van der Waals surface area contributed by atoms with Crippen molar-refractivity contribution in [2.45, 2.75) is 54.4 Å². The van der Waals surface area contributed by atoms with Gasteiger partial charge in [-0.05, 0) is 52.2 Å². The molecule has 0 rings (SSSR count). The third-order valence-electron chi connectivity index (χ3n) is 2.84. The highest BCUT2D eigenvalue weighted by atomic mass is 14.8. The highest BCUT2D eigenvalue weighted by Gasteiger charge is 2.05. The first-order valence-electron chi connectivity index (χ1n) is 7.29. The van der Waals surface area contributed by atoms with Crippen molar-refractivity contribution in [3.8, 4) is 0 Å². The van der Waals surface area contributed by atoms with Gasteiger partial charge in [-0.25, -0.2) is 0 Å². The maximum absolute atomic E-state index is 7.99. The van der Waals surface area contributed by atoms with E-state index < -0.39 is 0 Å². The molecule has 0 aromatic heterocycles. The molecule has 0 saturated heterocycles. The lowest BCUT2D eigenvalue weighted by atomic mass is 10.0. The molecular formula is C18H28N2. The molecule has 0 aromatic carbocycles. The third-order valence-corrected chi connectivity index (χ3v) is 2.84. The average Bonchev–Trinajstić information content (AvgIpc) is 2.42. The van der Waals surface area contributed by atoms with Crippen molar-refractivity contribution in [1.82, 2.24) is 0 Å². The number of rotatable bonds is 7. The molecule has 0 atom stereocenters. The second kappa shape index (κ2) is 10.1. The van der Waals surface area contributed by atoms with E-state index in [1.807, 2.05) is 26.0 Å². The normalized spacial score (nSPS) is 13.8. The van der Waals surface area contributed by atoms with E-state index in [0.29, 0.717) is 5.71 Å². The summed E-state index contributed by atoms with van der Waals surface area (Å²) in [6.45, 7) is 12.3. The third kappa shape index (κ3) is 6.46. The largest absolute Gasteiger partial charge is 0.299 e. The minimum absolute atomic E-state index is 0.457. The maximum Gasteiger partial charge on any atom is 0.0839 e. The van der Waals surface area contributed by atoms with Gasteiger partial charge in [0.15, 0.2) is 0 Å². The standard InChI is InChI=1S/C18H28N2/c1-7-11-16(19)18(10-4)20-17(9-3)15(8-2)13-12-14(5)6/h7,10-13,19H,8-9H2,1-6H3/b11-7-,15-13+,18-10-,19-16?,20-17+. The smallest absolute Gasteiger partial charge is 0.0839 e. The molecule has 0 unspecified atom stereocenters. The van der Waals surface area contributed by atoms with E-state index >= 15 is 0 Å². The van der Waals surface area contributed by atoms with Crippen LogP contribution in [0.3, 0.4) is 0 Å². The van der Waals surface area contributed by atoms with Gasteiger partial charge in [-0.2, -0.15) is 0 Å². The molecule has 0 radical (unpaired) electrons. The summed E-state index contributed by atoms with van der Waals surface area (Å²) >= 11 is 0. The van der Waals surface area contributed by atoms with Crippen LogP contribution in [0, 0.1) is 5.41 Å². The van der Waals surface area contributed by atoms with Crippen molar-refractivity contribution in [3.63, 3.8) is 0 Å². The van der Waals surface area contributed by atoms with E-state index in [-0.39, 0.29) is 0 Å². The molecule has 2 heteroatoms. The fourth-order valence-corrected chi connectivity index (χ4v) is 1.74. The Kier molecular flexibility index (Phi) is 9.27. The summed E-state index contributed by atoms with van der Waals surface area (Å²) in [7, 11) is 0. The summed E-state index contributed by atoms with van der Waals surface area (Å²) < 4.78 is 0. The zero-order chi connectivity index (χ0) is 15.5. The van der Waals surface area contributed by atoms with Crippen LogP contribution in [0.5, 0.6) is 0 Å². The lowest BCUT2D eigenvalue weighted by molar-refractivity contribution is 1.12. The Morgan fingerprint density at radius 1 is 1.05 bits per heavy atom. The Bertz CT molecular complexity index is 468. The van der Waals surface area contributed by atoms with Crippen LogP contribution in [0.15, 0.2) is 52.2 Å². The molecule has 0 aliphatic heterocycles. The van der Waals surface area contributed by atoms with Crippen LogP contribution in [0.4, 0.5) is 0 Å². The number of nitrogens with one attached hydrogen (secondary N) is 1. The summed E-state index contributed by atoms with van der Waals surface area (Å²) in [5.41, 5.74) is 4.77. The molecule has 0 fully saturated rings. The van der Waals surface area contributed by atoms with Gasteiger partial charge in [0, 0.05) is 5.71 Å². The first-order valence-corrected chi connectivity index (χ1v) is 7.29. The van der Waals surface area contributed by atoms with E-state index in [1.54, 1.807) is 6.08 Å². The molecule has 110 valence electrons. The first kappa shape index (κ1) is 18.3. The molecular weight excluding hydrogens is 244 g/mol. The van der Waals surface area contributed by atoms with E-state index in [2.05, 4.69) is 44.8 Å². The van der Waals surface area contributed by atoms with Gasteiger partial charge in [0.1, 0.15) is 0 Å². The van der Waals surface area contributed by atoms with Crippen molar-refractivity contribution >= 4 is 11.4 Å². The number of allylic oxidation sites excluding steroid dienone is 7. The predicted molar refractivity (Wildman–Crippen MR) is 91.8 cm³/mol. The number of hydrogen-bond acceptors (Lipinski definition) is 2. The monoisotopic (exact) mass is 272 g/mol. The summed E-state index contributed by atoms with van der Waals surface area (Å²) in [6, 6.07) is 0. The Hall–Kier alpha value is -1.70. The second-order valence-electron chi connectivity index (χ2n) is 4.79. The number of nitrogens with zero attached hydrogens (tertiary/aromatic N) is 1. The van der Waals surface area contributed by atoms with Crippen LogP contribution in [0.1, 0.15) is 54.4 Å². The topological polar surface area (TPSA) is 36.2 Å². The Balaban J connectivity index is 5.52. The average molecular weight is 272 g/mol. The quantitative estimate of drug-likeness (QED) is 0.460. The van der Waals surface area contributed by atoms with Gasteiger partial charge in [-0.3, -0.25) is 10.4 Å². The van der Waals surface area contributed by atoms with Crippen LogP contribution >= 0.6 is 0 Å². The predicted octanol–water partition coefficient (Wildman–Crippen LogP) is 5.64. The maximum atomic E-state index is 7.99.